The van der Waals surface area contributed by atoms with Crippen molar-refractivity contribution in [1.29, 1.82) is 0 Å². The van der Waals surface area contributed by atoms with Crippen LogP contribution in [0.2, 0.25) is 0 Å². The predicted molar refractivity (Wildman–Crippen MR) is 95.6 cm³/mol. The summed E-state index contributed by atoms with van der Waals surface area (Å²) in [4.78, 5) is 4.06. The van der Waals surface area contributed by atoms with Crippen LogP contribution in [0, 0.1) is 0 Å². The van der Waals surface area contributed by atoms with Gasteiger partial charge in [0.15, 0.2) is 0 Å². The molecule has 0 atom stereocenters. The van der Waals surface area contributed by atoms with Gasteiger partial charge in [-0.15, -0.1) is 11.3 Å². The number of thiazole rings is 1. The van der Waals surface area contributed by atoms with Gasteiger partial charge in [0.1, 0.15) is 30.5 Å². The Morgan fingerprint density at radius 1 is 1.26 bits per heavy atom. The molecule has 0 saturated carbocycles. The highest BCUT2D eigenvalue weighted by Gasteiger charge is 2.04. The van der Waals surface area contributed by atoms with E-state index in [1.807, 2.05) is 12.1 Å². The zero-order chi connectivity index (χ0) is 16.5. The molecule has 0 unspecified atom stereocenters. The fourth-order valence-electron chi connectivity index (χ4n) is 1.63. The summed E-state index contributed by atoms with van der Waals surface area (Å²) in [5.41, 5.74) is 9.18. The number of nitrogens with zero attached hydrogens (tertiary/aromatic N) is 2. The number of hydrogen-bond acceptors (Lipinski definition) is 7. The molecule has 0 radical (unpaired) electrons. The number of anilines is 2. The maximum atomic E-state index is 5.64. The summed E-state index contributed by atoms with van der Waals surface area (Å²) in [5.74, 6) is 1.81. The Bertz CT molecular complexity index is 697. The highest BCUT2D eigenvalue weighted by Crippen LogP contribution is 2.24. The summed E-state index contributed by atoms with van der Waals surface area (Å²) in [6.07, 6.45) is 5.01. The first-order valence-corrected chi connectivity index (χ1v) is 7.72. The molecule has 2 aromatic rings. The maximum Gasteiger partial charge on any atom is 0.205 e. The van der Waals surface area contributed by atoms with E-state index in [1.54, 1.807) is 29.8 Å². The average Bonchev–Trinajstić information content (AvgIpc) is 2.97. The highest BCUT2D eigenvalue weighted by molar-refractivity contribution is 7.14. The second kappa shape index (κ2) is 8.60. The standard InChI is InChI=1S/C16H18N4O2S/c1-3-7-21-13-6-5-12(14(9-13)22-8-4-2)10-18-20-16-19-15(17)11-23-16/h3-6,9-11H,1-2,7-8,17H2,(H,19,20). The van der Waals surface area contributed by atoms with Crippen molar-refractivity contribution >= 4 is 28.5 Å². The van der Waals surface area contributed by atoms with E-state index in [1.165, 1.54) is 11.3 Å². The molecule has 0 amide bonds. The Kier molecular flexibility index (Phi) is 6.19. The zero-order valence-corrected chi connectivity index (χ0v) is 13.4. The van der Waals surface area contributed by atoms with Crippen molar-refractivity contribution in [1.82, 2.24) is 4.98 Å². The SMILES string of the molecule is C=CCOc1ccc(C=NNc2nc(N)cs2)c(OCC=C)c1. The van der Waals surface area contributed by atoms with Crippen LogP contribution in [-0.2, 0) is 0 Å². The molecule has 0 bridgehead atoms. The molecule has 3 N–H and O–H groups in total. The number of aromatic nitrogens is 1. The second-order valence-corrected chi connectivity index (χ2v) is 5.20. The number of hydrogen-bond donors (Lipinski definition) is 2. The van der Waals surface area contributed by atoms with Crippen molar-refractivity contribution in [2.24, 2.45) is 5.10 Å². The van der Waals surface area contributed by atoms with E-state index in [0.717, 1.165) is 5.56 Å². The third-order valence-corrected chi connectivity index (χ3v) is 3.36. The quantitative estimate of drug-likeness (QED) is 0.419. The molecule has 0 fully saturated rings. The van der Waals surface area contributed by atoms with Gasteiger partial charge in [-0.25, -0.2) is 4.98 Å². The highest BCUT2D eigenvalue weighted by atomic mass is 32.1. The Labute approximate surface area is 139 Å². The third kappa shape index (κ3) is 5.15. The molecule has 0 aliphatic rings. The molecule has 1 heterocycles. The van der Waals surface area contributed by atoms with Crippen LogP contribution in [0.25, 0.3) is 0 Å². The van der Waals surface area contributed by atoms with Gasteiger partial charge in [-0.1, -0.05) is 25.3 Å². The lowest BCUT2D eigenvalue weighted by Crippen LogP contribution is -2.00. The molecule has 6 nitrogen and oxygen atoms in total. The molecule has 120 valence electrons. The first-order chi connectivity index (χ1) is 11.2. The van der Waals surface area contributed by atoms with Gasteiger partial charge in [0, 0.05) is 17.0 Å². The molecule has 0 spiro atoms. The topological polar surface area (TPSA) is 81.8 Å². The lowest BCUT2D eigenvalue weighted by Gasteiger charge is -2.10. The molecule has 0 aliphatic carbocycles. The Morgan fingerprint density at radius 2 is 2.04 bits per heavy atom. The van der Waals surface area contributed by atoms with E-state index >= 15 is 0 Å². The molecule has 1 aromatic heterocycles. The number of nitrogens with one attached hydrogen (secondary N) is 1. The Balaban J connectivity index is 2.11. The van der Waals surface area contributed by atoms with Crippen molar-refractivity contribution in [3.05, 3.63) is 54.5 Å². The molecule has 2 rings (SSSR count). The van der Waals surface area contributed by atoms with Gasteiger partial charge in [0.25, 0.3) is 0 Å². The zero-order valence-electron chi connectivity index (χ0n) is 12.6. The van der Waals surface area contributed by atoms with Crippen LogP contribution >= 0.6 is 11.3 Å². The molecular weight excluding hydrogens is 312 g/mol. The first-order valence-electron chi connectivity index (χ1n) is 6.84. The smallest absolute Gasteiger partial charge is 0.205 e. The van der Waals surface area contributed by atoms with E-state index in [9.17, 15) is 0 Å². The molecular formula is C16H18N4O2S. The van der Waals surface area contributed by atoms with Crippen LogP contribution in [-0.4, -0.2) is 24.4 Å². The van der Waals surface area contributed by atoms with E-state index in [-0.39, 0.29) is 0 Å². The van der Waals surface area contributed by atoms with Gasteiger partial charge in [-0.05, 0) is 12.1 Å². The van der Waals surface area contributed by atoms with Gasteiger partial charge in [-0.3, -0.25) is 5.43 Å². The molecule has 23 heavy (non-hydrogen) atoms. The van der Waals surface area contributed by atoms with Crippen LogP contribution < -0.4 is 20.6 Å². The molecule has 0 aliphatic heterocycles. The van der Waals surface area contributed by atoms with Gasteiger partial charge >= 0.3 is 0 Å². The number of hydrazone groups is 1. The minimum Gasteiger partial charge on any atom is -0.489 e. The number of ether oxygens (including phenoxy) is 2. The van der Waals surface area contributed by atoms with Gasteiger partial charge in [-0.2, -0.15) is 5.10 Å². The first kappa shape index (κ1) is 16.6. The minimum atomic E-state index is 0.391. The Morgan fingerprint density at radius 3 is 2.74 bits per heavy atom. The predicted octanol–water partition coefficient (Wildman–Crippen LogP) is 3.30. The summed E-state index contributed by atoms with van der Waals surface area (Å²) in [5, 5.41) is 6.50. The molecule has 0 saturated heterocycles. The summed E-state index contributed by atoms with van der Waals surface area (Å²) in [6.45, 7) is 8.09. The van der Waals surface area contributed by atoms with E-state index in [0.29, 0.717) is 35.7 Å². The van der Waals surface area contributed by atoms with Crippen molar-refractivity contribution in [3.8, 4) is 11.5 Å². The monoisotopic (exact) mass is 330 g/mol. The van der Waals surface area contributed by atoms with Gasteiger partial charge in [0.05, 0.1) is 6.21 Å². The van der Waals surface area contributed by atoms with Gasteiger partial charge < -0.3 is 15.2 Å². The van der Waals surface area contributed by atoms with E-state index in [2.05, 4.69) is 28.7 Å². The second-order valence-electron chi connectivity index (χ2n) is 4.35. The largest absolute Gasteiger partial charge is 0.489 e. The molecule has 7 heteroatoms. The fraction of sp³-hybridized carbons (Fsp3) is 0.125. The summed E-state index contributed by atoms with van der Waals surface area (Å²) in [7, 11) is 0. The summed E-state index contributed by atoms with van der Waals surface area (Å²) >= 11 is 1.38. The van der Waals surface area contributed by atoms with Crippen LogP contribution in [0.15, 0.2) is 54.0 Å². The minimum absolute atomic E-state index is 0.391. The van der Waals surface area contributed by atoms with Gasteiger partial charge in [0.2, 0.25) is 5.13 Å². The average molecular weight is 330 g/mol. The van der Waals surface area contributed by atoms with E-state index in [4.69, 9.17) is 15.2 Å². The lowest BCUT2D eigenvalue weighted by molar-refractivity contribution is 0.344. The summed E-state index contributed by atoms with van der Waals surface area (Å²) < 4.78 is 11.1. The van der Waals surface area contributed by atoms with E-state index < -0.39 is 0 Å². The molecule has 1 aromatic carbocycles. The van der Waals surface area contributed by atoms with Crippen LogP contribution in [0.4, 0.5) is 10.9 Å². The normalized spacial score (nSPS) is 10.4. The van der Waals surface area contributed by atoms with Crippen molar-refractivity contribution < 1.29 is 9.47 Å². The maximum absolute atomic E-state index is 5.64. The number of nitrogens with two attached hydrogens (primary N) is 1. The number of benzene rings is 1. The third-order valence-electron chi connectivity index (χ3n) is 2.60. The lowest BCUT2D eigenvalue weighted by atomic mass is 10.2. The summed E-state index contributed by atoms with van der Waals surface area (Å²) in [6, 6.07) is 5.50. The van der Waals surface area contributed by atoms with Crippen molar-refractivity contribution in [2.75, 3.05) is 24.4 Å². The Hall–Kier alpha value is -2.80. The van der Waals surface area contributed by atoms with Crippen molar-refractivity contribution in [2.45, 2.75) is 0 Å². The number of rotatable bonds is 9. The van der Waals surface area contributed by atoms with Crippen molar-refractivity contribution in [3.63, 3.8) is 0 Å². The van der Waals surface area contributed by atoms with Crippen LogP contribution in [0.3, 0.4) is 0 Å². The fourth-order valence-corrected chi connectivity index (χ4v) is 2.18. The van der Waals surface area contributed by atoms with Crippen LogP contribution in [0.5, 0.6) is 11.5 Å². The number of nitrogen functional groups attached to an aromatic ring is 1. The van der Waals surface area contributed by atoms with Crippen LogP contribution in [0.1, 0.15) is 5.56 Å².